The molecule has 3 aromatic heterocycles. The van der Waals surface area contributed by atoms with Crippen LogP contribution in [0.25, 0.3) is 32.6 Å². The fraction of sp³-hybridized carbons (Fsp3) is 0.450. The number of pyridine rings is 1. The van der Waals surface area contributed by atoms with Crippen molar-refractivity contribution in [3.05, 3.63) is 119 Å². The van der Waals surface area contributed by atoms with Gasteiger partial charge in [0.1, 0.15) is 42.4 Å². The molecular weight excluding hydrogens is 1140 g/mol. The summed E-state index contributed by atoms with van der Waals surface area (Å²) in [5, 5.41) is 15.7. The van der Waals surface area contributed by atoms with Gasteiger partial charge in [0, 0.05) is 106 Å². The van der Waals surface area contributed by atoms with Crippen LogP contribution in [0.15, 0.2) is 84.6 Å². The maximum Gasteiger partial charge on any atom is 0.332 e. The van der Waals surface area contributed by atoms with Gasteiger partial charge < -0.3 is 40.2 Å². The number of rotatable bonds is 19. The first-order valence-corrected chi connectivity index (χ1v) is 30.8. The smallest absolute Gasteiger partial charge is 0.332 e. The van der Waals surface area contributed by atoms with Gasteiger partial charge in [-0.05, 0) is 84.5 Å². The number of piperazine rings is 1. The summed E-state index contributed by atoms with van der Waals surface area (Å²) >= 11 is 1.55. The molecule has 0 radical (unpaired) electrons. The average Bonchev–Trinajstić information content (AvgIpc) is 3.61. The van der Waals surface area contributed by atoms with Crippen molar-refractivity contribution < 1.29 is 55.4 Å². The number of aromatic amines is 1. The summed E-state index contributed by atoms with van der Waals surface area (Å²) in [7, 11) is -4.38. The van der Waals surface area contributed by atoms with Gasteiger partial charge in [0.15, 0.2) is 5.82 Å². The second kappa shape index (κ2) is 25.7. The third-order valence-electron chi connectivity index (χ3n) is 16.4. The Morgan fingerprint density at radius 1 is 0.871 bits per heavy atom. The largest absolute Gasteiger partial charge is 0.459 e. The SMILES string of the molecule is Cc1ncsc1-c1ccc(CNC(=O)[C@@H]2C[C@@H](OC(=O)CO)CN2C(=O)C(NC(=O)CN2CCN(CC3CCN(c4ccc(-c5cnc6[nH]cc(C(=O)c7c(F)ccc(NS(=O)(=O)N8CC[C@@H](F)C8)c7F)c6c5)cc4)CC3)CC2)C(C)(C)C)cc1. The number of ether oxygens (including phenoxy) is 1. The van der Waals surface area contributed by atoms with Crippen LogP contribution in [0.1, 0.15) is 73.6 Å². The lowest BCUT2D eigenvalue weighted by atomic mass is 9.85. The third kappa shape index (κ3) is 14.0. The van der Waals surface area contributed by atoms with Crippen LogP contribution in [-0.4, -0.2) is 180 Å². The first-order valence-electron chi connectivity index (χ1n) is 28.5. The number of amides is 3. The molecule has 4 saturated heterocycles. The summed E-state index contributed by atoms with van der Waals surface area (Å²) in [5.41, 5.74) is 4.98. The van der Waals surface area contributed by atoms with E-state index in [9.17, 15) is 41.9 Å². The number of carbonyl (C=O) groups excluding carboxylic acids is 5. The highest BCUT2D eigenvalue weighted by Crippen LogP contribution is 2.34. The highest BCUT2D eigenvalue weighted by molar-refractivity contribution is 7.90. The summed E-state index contributed by atoms with van der Waals surface area (Å²) in [6.07, 6.45) is 2.73. The number of piperidine rings is 1. The third-order valence-corrected chi connectivity index (χ3v) is 18.9. The van der Waals surface area contributed by atoms with Crippen molar-refractivity contribution in [1.29, 1.82) is 0 Å². The van der Waals surface area contributed by atoms with Gasteiger partial charge in [-0.25, -0.2) is 27.9 Å². The Morgan fingerprint density at radius 2 is 1.58 bits per heavy atom. The lowest BCUT2D eigenvalue weighted by molar-refractivity contribution is -0.152. The van der Waals surface area contributed by atoms with Gasteiger partial charge in [0.05, 0.1) is 40.4 Å². The van der Waals surface area contributed by atoms with Crippen molar-refractivity contribution in [1.82, 2.24) is 44.6 Å². The molecule has 3 amide bonds. The van der Waals surface area contributed by atoms with Gasteiger partial charge in [-0.2, -0.15) is 12.7 Å². The highest BCUT2D eigenvalue weighted by atomic mass is 32.2. The van der Waals surface area contributed by atoms with Crippen LogP contribution < -0.4 is 20.3 Å². The van der Waals surface area contributed by atoms with E-state index in [0.29, 0.717) is 35.6 Å². The summed E-state index contributed by atoms with van der Waals surface area (Å²) in [4.78, 5) is 89.1. The Labute approximate surface area is 495 Å². The van der Waals surface area contributed by atoms with E-state index in [1.165, 1.54) is 11.1 Å². The van der Waals surface area contributed by atoms with Gasteiger partial charge in [0.2, 0.25) is 23.5 Å². The van der Waals surface area contributed by atoms with Crippen LogP contribution in [0.5, 0.6) is 0 Å². The molecule has 5 N–H and O–H groups in total. The Hall–Kier alpha value is -7.29. The van der Waals surface area contributed by atoms with Crippen molar-refractivity contribution in [3.8, 4) is 21.6 Å². The fourth-order valence-electron chi connectivity index (χ4n) is 11.6. The molecule has 0 saturated carbocycles. The second-order valence-corrected chi connectivity index (χ2v) is 25.9. The number of aliphatic hydroxyl groups excluding tert-OH is 1. The van der Waals surface area contributed by atoms with Gasteiger partial charge in [0.25, 0.3) is 0 Å². The normalized spacial score (nSPS) is 19.7. The molecule has 10 rings (SSSR count). The van der Waals surface area contributed by atoms with Crippen molar-refractivity contribution in [2.45, 2.75) is 84.3 Å². The Balaban J connectivity index is 0.691. The molecule has 20 nitrogen and oxygen atoms in total. The first kappa shape index (κ1) is 60.8. The van der Waals surface area contributed by atoms with E-state index in [1.807, 2.05) is 80.9 Å². The van der Waals surface area contributed by atoms with Crippen LogP contribution >= 0.6 is 11.3 Å². The van der Waals surface area contributed by atoms with Crippen LogP contribution in [0.3, 0.4) is 0 Å². The predicted molar refractivity (Wildman–Crippen MR) is 315 cm³/mol. The lowest BCUT2D eigenvalue weighted by Gasteiger charge is -2.39. The number of halogens is 3. The van der Waals surface area contributed by atoms with Crippen molar-refractivity contribution >= 4 is 73.4 Å². The summed E-state index contributed by atoms with van der Waals surface area (Å²) in [6, 6.07) is 17.1. The van der Waals surface area contributed by atoms with Crippen LogP contribution in [0, 0.1) is 29.9 Å². The number of aryl methyl sites for hydroxylation is 1. The van der Waals surface area contributed by atoms with E-state index >= 15 is 8.78 Å². The summed E-state index contributed by atoms with van der Waals surface area (Å²) in [6.45, 7) is 11.8. The van der Waals surface area contributed by atoms with Crippen LogP contribution in [0.4, 0.5) is 24.5 Å². The van der Waals surface area contributed by atoms with Gasteiger partial charge in [-0.1, -0.05) is 57.2 Å². The van der Waals surface area contributed by atoms with Crippen molar-refractivity contribution in [3.63, 3.8) is 0 Å². The molecule has 0 spiro atoms. The zero-order valence-corrected chi connectivity index (χ0v) is 49.4. The highest BCUT2D eigenvalue weighted by Gasteiger charge is 2.46. The molecule has 6 aromatic rings. The van der Waals surface area contributed by atoms with E-state index in [4.69, 9.17) is 4.74 Å². The molecule has 4 atom stereocenters. The molecule has 0 bridgehead atoms. The number of likely N-dealkylation sites (tertiary alicyclic amines) is 1. The molecule has 7 heterocycles. The van der Waals surface area contributed by atoms with Crippen LogP contribution in [0.2, 0.25) is 0 Å². The number of esters is 1. The Kier molecular flexibility index (Phi) is 18.4. The molecule has 4 aliphatic rings. The predicted octanol–water partition coefficient (Wildman–Crippen LogP) is 6.06. The zero-order chi connectivity index (χ0) is 60.3. The van der Waals surface area contributed by atoms with Gasteiger partial charge >= 0.3 is 16.2 Å². The number of H-pyrrole nitrogens is 1. The molecule has 25 heteroatoms. The monoisotopic (exact) mass is 1210 g/mol. The Morgan fingerprint density at radius 3 is 2.24 bits per heavy atom. The van der Waals surface area contributed by atoms with Crippen molar-refractivity contribution in [2.24, 2.45) is 11.3 Å². The standard InChI is InChI=1S/C60H70F3N11O9S2/c1-36-55(84-35-67-36)40-7-5-37(6-8-40)27-66-58(79)49-26-44(83-51(77)34-75)32-74(49)59(80)56(60(2,3)4)68-50(76)33-71-23-21-70(22-24-71)30-38-15-18-72(19-16-38)43-11-9-39(10-12-43)41-25-45-46(29-65-57(45)64-28-41)54(78)52-47(62)13-14-48(53(52)63)69-85(81,82)73-20-17-42(61)31-73/h5-14,25,28-29,35,38,42,44,49,56,69,75H,15-24,26-27,30-34H2,1-4H3,(H,64,65)(H,66,79)(H,68,76)/t42-,44-,49+,56?/m1/s1. The van der Waals surface area contributed by atoms with E-state index in [0.717, 1.165) is 95.0 Å². The molecular formula is C60H70F3N11O9S2. The molecule has 3 aromatic carbocycles. The number of anilines is 2. The molecule has 85 heavy (non-hydrogen) atoms. The molecule has 0 aliphatic carbocycles. The number of ketones is 1. The minimum absolute atomic E-state index is 0.0101. The first-order chi connectivity index (χ1) is 40.6. The average molecular weight is 1210 g/mol. The number of benzene rings is 3. The maximum atomic E-state index is 15.9. The van der Waals surface area contributed by atoms with Crippen molar-refractivity contribution in [2.75, 3.05) is 88.2 Å². The maximum absolute atomic E-state index is 15.9. The molecule has 1 unspecified atom stereocenters. The number of hydrogen-bond donors (Lipinski definition) is 5. The quantitative estimate of drug-likeness (QED) is 0.0458. The van der Waals surface area contributed by atoms with E-state index < -0.39 is 99.6 Å². The summed E-state index contributed by atoms with van der Waals surface area (Å²) in [5.74, 6) is -5.21. The minimum Gasteiger partial charge on any atom is -0.459 e. The molecule has 452 valence electrons. The second-order valence-electron chi connectivity index (χ2n) is 23.4. The van der Waals surface area contributed by atoms with Gasteiger partial charge in [-0.15, -0.1) is 11.3 Å². The number of alkyl halides is 1. The molecule has 4 fully saturated rings. The number of hydrogen-bond acceptors (Lipinski definition) is 15. The number of aliphatic hydroxyl groups is 1. The number of nitrogens with one attached hydrogen (secondary N) is 4. The van der Waals surface area contributed by atoms with E-state index in [1.54, 1.807) is 29.1 Å². The Bertz CT molecular complexity index is 3550. The minimum atomic E-state index is -4.38. The van der Waals surface area contributed by atoms with Crippen LogP contribution in [-0.2, 0) is 40.7 Å². The topological polar surface area (TPSA) is 243 Å². The summed E-state index contributed by atoms with van der Waals surface area (Å²) < 4.78 is 78.9. The number of thiazole rings is 1. The lowest BCUT2D eigenvalue weighted by Crippen LogP contribution is -2.59. The van der Waals surface area contributed by atoms with E-state index in [-0.39, 0.29) is 50.5 Å². The number of nitrogens with zero attached hydrogens (tertiary/aromatic N) is 7. The zero-order valence-electron chi connectivity index (χ0n) is 47.8. The number of fused-ring (bicyclic) bond motifs is 1. The number of aromatic nitrogens is 3. The molecule has 4 aliphatic heterocycles. The number of carbonyl (C=O) groups is 5. The van der Waals surface area contributed by atoms with E-state index in [2.05, 4.69) is 40.3 Å². The van der Waals surface area contributed by atoms with Gasteiger partial charge in [-0.3, -0.25) is 28.8 Å². The fourth-order valence-corrected chi connectivity index (χ4v) is 13.7.